The van der Waals surface area contributed by atoms with Crippen LogP contribution in [0, 0.1) is 10.1 Å². The van der Waals surface area contributed by atoms with Crippen LogP contribution in [0.1, 0.15) is 12.5 Å². The van der Waals surface area contributed by atoms with Crippen LogP contribution in [0.4, 0.5) is 5.69 Å². The first-order valence-electron chi connectivity index (χ1n) is 4.11. The molecular formula is C9H10BrNO3. The third kappa shape index (κ3) is 2.78. The smallest absolute Gasteiger partial charge is 0.270 e. The number of hydrogen-bond acceptors (Lipinski definition) is 3. The minimum Gasteiger partial charge on any atom is -0.393 e. The number of hydrogen-bond donors (Lipinski definition) is 1. The number of nitro benzene ring substituents is 1. The summed E-state index contributed by atoms with van der Waals surface area (Å²) < 4.78 is 0.660. The van der Waals surface area contributed by atoms with E-state index >= 15 is 0 Å². The molecule has 1 rings (SSSR count). The highest BCUT2D eigenvalue weighted by atomic mass is 79.9. The Morgan fingerprint density at radius 3 is 2.71 bits per heavy atom. The zero-order valence-corrected chi connectivity index (χ0v) is 9.19. The quantitative estimate of drug-likeness (QED) is 0.669. The molecule has 0 saturated carbocycles. The molecule has 0 heterocycles. The predicted octanol–water partition coefficient (Wildman–Crippen LogP) is 2.28. The average Bonchev–Trinajstić information content (AvgIpc) is 2.07. The summed E-state index contributed by atoms with van der Waals surface area (Å²) in [6.07, 6.45) is 0.0335. The van der Waals surface area contributed by atoms with Crippen molar-refractivity contribution in [3.63, 3.8) is 0 Å². The topological polar surface area (TPSA) is 63.4 Å². The molecule has 1 atom stereocenters. The first-order chi connectivity index (χ1) is 6.50. The molecule has 0 aromatic heterocycles. The number of nitrogens with zero attached hydrogens (tertiary/aromatic N) is 1. The van der Waals surface area contributed by atoms with Gasteiger partial charge in [0.25, 0.3) is 5.69 Å². The lowest BCUT2D eigenvalue weighted by Crippen LogP contribution is -2.04. The van der Waals surface area contributed by atoms with E-state index in [2.05, 4.69) is 15.9 Å². The van der Waals surface area contributed by atoms with Gasteiger partial charge in [0, 0.05) is 16.6 Å². The number of halogens is 1. The first kappa shape index (κ1) is 11.1. The molecule has 0 aliphatic heterocycles. The largest absolute Gasteiger partial charge is 0.393 e. The zero-order chi connectivity index (χ0) is 10.7. The molecule has 0 radical (unpaired) electrons. The zero-order valence-electron chi connectivity index (χ0n) is 7.61. The van der Waals surface area contributed by atoms with Crippen molar-refractivity contribution < 1.29 is 10.0 Å². The Balaban J connectivity index is 2.95. The van der Waals surface area contributed by atoms with Crippen LogP contribution in [0.3, 0.4) is 0 Å². The van der Waals surface area contributed by atoms with Crippen LogP contribution in [0.2, 0.25) is 0 Å². The van der Waals surface area contributed by atoms with Crippen LogP contribution in [0.15, 0.2) is 22.7 Å². The van der Waals surface area contributed by atoms with E-state index in [9.17, 15) is 10.1 Å². The molecule has 0 aliphatic rings. The molecule has 5 heteroatoms. The summed E-state index contributed by atoms with van der Waals surface area (Å²) in [6.45, 7) is 1.67. The number of rotatable bonds is 3. The van der Waals surface area contributed by atoms with Gasteiger partial charge in [0.15, 0.2) is 0 Å². The highest BCUT2D eigenvalue weighted by molar-refractivity contribution is 9.10. The van der Waals surface area contributed by atoms with E-state index in [1.807, 2.05) is 0 Å². The lowest BCUT2D eigenvalue weighted by molar-refractivity contribution is -0.384. The third-order valence-corrected chi connectivity index (χ3v) is 2.50. The first-order valence-corrected chi connectivity index (χ1v) is 4.91. The molecule has 0 bridgehead atoms. The third-order valence-electron chi connectivity index (χ3n) is 1.76. The SMILES string of the molecule is C[C@@H](O)Cc1ccc([N+](=O)[O-])cc1Br. The molecule has 0 spiro atoms. The molecule has 0 fully saturated rings. The van der Waals surface area contributed by atoms with Gasteiger partial charge in [-0.1, -0.05) is 22.0 Å². The standard InChI is InChI=1S/C9H10BrNO3/c1-6(12)4-7-2-3-8(11(13)14)5-9(7)10/h2-3,5-6,12H,4H2,1H3/t6-/m1/s1. The van der Waals surface area contributed by atoms with Crippen LogP contribution < -0.4 is 0 Å². The Morgan fingerprint density at radius 1 is 1.64 bits per heavy atom. The second-order valence-electron chi connectivity index (χ2n) is 3.09. The molecule has 1 aromatic carbocycles. The van der Waals surface area contributed by atoms with Gasteiger partial charge in [-0.25, -0.2) is 0 Å². The summed E-state index contributed by atoms with van der Waals surface area (Å²) in [5.74, 6) is 0. The fourth-order valence-electron chi connectivity index (χ4n) is 1.13. The Morgan fingerprint density at radius 2 is 2.29 bits per heavy atom. The summed E-state index contributed by atoms with van der Waals surface area (Å²) in [7, 11) is 0. The summed E-state index contributed by atoms with van der Waals surface area (Å²) in [5.41, 5.74) is 0.914. The molecule has 1 aromatic rings. The molecule has 0 aliphatic carbocycles. The molecule has 0 unspecified atom stereocenters. The Bertz CT molecular complexity index is 352. The van der Waals surface area contributed by atoms with Gasteiger partial charge in [-0.05, 0) is 18.9 Å². The van der Waals surface area contributed by atoms with Crippen molar-refractivity contribution in [1.82, 2.24) is 0 Å². The average molecular weight is 260 g/mol. The number of nitro groups is 1. The van der Waals surface area contributed by atoms with Crippen molar-refractivity contribution in [1.29, 1.82) is 0 Å². The monoisotopic (exact) mass is 259 g/mol. The van der Waals surface area contributed by atoms with E-state index in [1.165, 1.54) is 12.1 Å². The summed E-state index contributed by atoms with van der Waals surface area (Å²) >= 11 is 3.23. The van der Waals surface area contributed by atoms with Gasteiger partial charge in [0.05, 0.1) is 11.0 Å². The van der Waals surface area contributed by atoms with Gasteiger partial charge < -0.3 is 5.11 Å². The maximum absolute atomic E-state index is 10.4. The van der Waals surface area contributed by atoms with E-state index in [4.69, 9.17) is 5.11 Å². The maximum atomic E-state index is 10.4. The maximum Gasteiger partial charge on any atom is 0.270 e. The number of aliphatic hydroxyl groups excluding tert-OH is 1. The van der Waals surface area contributed by atoms with E-state index in [1.54, 1.807) is 13.0 Å². The van der Waals surface area contributed by atoms with Gasteiger partial charge in [-0.3, -0.25) is 10.1 Å². The fraction of sp³-hybridized carbons (Fsp3) is 0.333. The van der Waals surface area contributed by atoms with Crippen LogP contribution >= 0.6 is 15.9 Å². The summed E-state index contributed by atoms with van der Waals surface area (Å²) in [5, 5.41) is 19.6. The van der Waals surface area contributed by atoms with Crippen molar-refractivity contribution in [2.75, 3.05) is 0 Å². The van der Waals surface area contributed by atoms with E-state index < -0.39 is 11.0 Å². The molecule has 4 nitrogen and oxygen atoms in total. The lowest BCUT2D eigenvalue weighted by atomic mass is 10.1. The predicted molar refractivity (Wildman–Crippen MR) is 56.2 cm³/mol. The molecule has 14 heavy (non-hydrogen) atoms. The van der Waals surface area contributed by atoms with Crippen molar-refractivity contribution in [3.05, 3.63) is 38.3 Å². The molecule has 76 valence electrons. The normalized spacial score (nSPS) is 12.5. The van der Waals surface area contributed by atoms with Crippen LogP contribution in [-0.4, -0.2) is 16.1 Å². The highest BCUT2D eigenvalue weighted by Crippen LogP contribution is 2.23. The van der Waals surface area contributed by atoms with Crippen molar-refractivity contribution in [2.45, 2.75) is 19.4 Å². The minimum absolute atomic E-state index is 0.0474. The number of non-ortho nitro benzene ring substituents is 1. The van der Waals surface area contributed by atoms with Gasteiger partial charge in [0.1, 0.15) is 0 Å². The van der Waals surface area contributed by atoms with Crippen LogP contribution in [0.5, 0.6) is 0 Å². The van der Waals surface area contributed by atoms with Gasteiger partial charge in [-0.15, -0.1) is 0 Å². The summed E-state index contributed by atoms with van der Waals surface area (Å²) in [6, 6.07) is 4.52. The number of aliphatic hydroxyl groups is 1. The van der Waals surface area contributed by atoms with E-state index in [0.717, 1.165) is 5.56 Å². The van der Waals surface area contributed by atoms with Crippen molar-refractivity contribution in [2.24, 2.45) is 0 Å². The fourth-order valence-corrected chi connectivity index (χ4v) is 1.66. The lowest BCUT2D eigenvalue weighted by Gasteiger charge is -2.06. The van der Waals surface area contributed by atoms with Crippen molar-refractivity contribution >= 4 is 21.6 Å². The Kier molecular flexibility index (Phi) is 3.60. The Hall–Kier alpha value is -0.940. The Labute approximate surface area is 89.8 Å². The molecule has 0 saturated heterocycles. The van der Waals surface area contributed by atoms with Gasteiger partial charge in [-0.2, -0.15) is 0 Å². The molecule has 1 N–H and O–H groups in total. The van der Waals surface area contributed by atoms with Gasteiger partial charge >= 0.3 is 0 Å². The second-order valence-corrected chi connectivity index (χ2v) is 3.94. The van der Waals surface area contributed by atoms with E-state index in [0.29, 0.717) is 10.9 Å². The van der Waals surface area contributed by atoms with Crippen LogP contribution in [-0.2, 0) is 6.42 Å². The molecular weight excluding hydrogens is 250 g/mol. The minimum atomic E-state index is -0.451. The number of benzene rings is 1. The highest BCUT2D eigenvalue weighted by Gasteiger charge is 2.10. The second kappa shape index (κ2) is 4.52. The summed E-state index contributed by atoms with van der Waals surface area (Å²) in [4.78, 5) is 9.97. The van der Waals surface area contributed by atoms with Crippen LogP contribution in [0.25, 0.3) is 0 Å². The van der Waals surface area contributed by atoms with E-state index in [-0.39, 0.29) is 5.69 Å². The van der Waals surface area contributed by atoms with Gasteiger partial charge in [0.2, 0.25) is 0 Å². The van der Waals surface area contributed by atoms with Crippen molar-refractivity contribution in [3.8, 4) is 0 Å². The molecule has 0 amide bonds.